The van der Waals surface area contributed by atoms with Gasteiger partial charge >= 0.3 is 6.18 Å². The van der Waals surface area contributed by atoms with Crippen LogP contribution in [0, 0.1) is 0 Å². The summed E-state index contributed by atoms with van der Waals surface area (Å²) < 4.78 is 38.5. The molecule has 0 aliphatic heterocycles. The van der Waals surface area contributed by atoms with Crippen LogP contribution in [0.3, 0.4) is 0 Å². The molecule has 1 heterocycles. The highest BCUT2D eigenvalue weighted by Crippen LogP contribution is 2.31. The molecule has 10 heteroatoms. The van der Waals surface area contributed by atoms with Gasteiger partial charge in [0.25, 0.3) is 0 Å². The van der Waals surface area contributed by atoms with Gasteiger partial charge in [-0.2, -0.15) is 18.0 Å². The van der Waals surface area contributed by atoms with Crippen molar-refractivity contribution in [3.63, 3.8) is 0 Å². The smallest absolute Gasteiger partial charge is 0.326 e. The van der Waals surface area contributed by atoms with E-state index in [0.717, 1.165) is 16.9 Å². The molecule has 0 saturated carbocycles. The van der Waals surface area contributed by atoms with E-state index < -0.39 is 11.7 Å². The molecule has 0 aliphatic carbocycles. The predicted molar refractivity (Wildman–Crippen MR) is 97.9 cm³/mol. The Kier molecular flexibility index (Phi) is 5.71. The fourth-order valence-corrected chi connectivity index (χ4v) is 2.47. The van der Waals surface area contributed by atoms with Crippen LogP contribution in [0.15, 0.2) is 48.5 Å². The number of aromatic nitrogens is 4. The van der Waals surface area contributed by atoms with Gasteiger partial charge in [-0.15, -0.1) is 10.2 Å². The molecular formula is C19H16F3N5O2. The lowest BCUT2D eigenvalue weighted by Gasteiger charge is -2.06. The second-order valence-corrected chi connectivity index (χ2v) is 6.12. The molecule has 1 aromatic heterocycles. The molecule has 0 fully saturated rings. The molecule has 2 aromatic carbocycles. The first kappa shape index (κ1) is 20.2. The summed E-state index contributed by atoms with van der Waals surface area (Å²) in [6, 6.07) is 10.9. The summed E-state index contributed by atoms with van der Waals surface area (Å²) in [5.74, 6) is -0.467. The zero-order chi connectivity index (χ0) is 21.0. The minimum absolute atomic E-state index is 0.0125. The first-order chi connectivity index (χ1) is 13.8. The van der Waals surface area contributed by atoms with E-state index in [0.29, 0.717) is 17.7 Å². The first-order valence-electron chi connectivity index (χ1n) is 8.65. The number of benzene rings is 2. The lowest BCUT2D eigenvalue weighted by atomic mass is 10.1. The van der Waals surface area contributed by atoms with E-state index in [9.17, 15) is 22.8 Å². The van der Waals surface area contributed by atoms with Crippen molar-refractivity contribution in [2.24, 2.45) is 0 Å². The van der Waals surface area contributed by atoms with Crippen molar-refractivity contribution < 1.29 is 22.8 Å². The summed E-state index contributed by atoms with van der Waals surface area (Å²) in [6.45, 7) is 1.50. The quantitative estimate of drug-likeness (QED) is 0.636. The summed E-state index contributed by atoms with van der Waals surface area (Å²) in [6.07, 6.45) is -4.14. The lowest BCUT2D eigenvalue weighted by molar-refractivity contribution is -0.137. The Bertz CT molecular complexity index is 1030. The van der Waals surface area contributed by atoms with Crippen molar-refractivity contribution in [1.29, 1.82) is 0 Å². The Hall–Kier alpha value is -3.56. The third-order valence-corrected chi connectivity index (χ3v) is 4.00. The fourth-order valence-electron chi connectivity index (χ4n) is 2.47. The number of hydrogen-bond donors (Lipinski definition) is 1. The summed E-state index contributed by atoms with van der Waals surface area (Å²) in [4.78, 5) is 24.8. The second kappa shape index (κ2) is 8.21. The van der Waals surface area contributed by atoms with Gasteiger partial charge in [0.15, 0.2) is 5.78 Å². The summed E-state index contributed by atoms with van der Waals surface area (Å²) in [5.41, 5.74) is 0.267. The number of ketones is 1. The molecule has 0 saturated heterocycles. The van der Waals surface area contributed by atoms with E-state index in [4.69, 9.17) is 0 Å². The largest absolute Gasteiger partial charge is 0.416 e. The van der Waals surface area contributed by atoms with Crippen molar-refractivity contribution in [2.75, 3.05) is 5.32 Å². The van der Waals surface area contributed by atoms with Gasteiger partial charge in [0.2, 0.25) is 11.7 Å². The van der Waals surface area contributed by atoms with E-state index in [-0.39, 0.29) is 29.6 Å². The van der Waals surface area contributed by atoms with Crippen LogP contribution in [-0.2, 0) is 17.5 Å². The number of anilines is 1. The average molecular weight is 403 g/mol. The van der Waals surface area contributed by atoms with Crippen molar-refractivity contribution >= 4 is 17.4 Å². The van der Waals surface area contributed by atoms with E-state index in [1.165, 1.54) is 12.1 Å². The molecule has 3 rings (SSSR count). The molecule has 29 heavy (non-hydrogen) atoms. The average Bonchev–Trinajstić information content (AvgIpc) is 3.16. The first-order valence-corrected chi connectivity index (χ1v) is 8.65. The van der Waals surface area contributed by atoms with Crippen molar-refractivity contribution in [1.82, 2.24) is 20.2 Å². The monoisotopic (exact) mass is 403 g/mol. The number of halogens is 3. The Labute approximate surface area is 163 Å². The molecule has 0 spiro atoms. The number of carbonyl (C=O) groups is 2. The Morgan fingerprint density at radius 2 is 1.83 bits per heavy atom. The Balaban J connectivity index is 1.70. The van der Waals surface area contributed by atoms with Crippen molar-refractivity contribution in [3.05, 3.63) is 59.7 Å². The van der Waals surface area contributed by atoms with Gasteiger partial charge in [-0.25, -0.2) is 0 Å². The number of tetrazole rings is 1. The topological polar surface area (TPSA) is 89.8 Å². The number of nitrogens with zero attached hydrogens (tertiary/aromatic N) is 4. The molecule has 0 bridgehead atoms. The minimum Gasteiger partial charge on any atom is -0.326 e. The van der Waals surface area contributed by atoms with Crippen molar-refractivity contribution in [3.8, 4) is 11.4 Å². The molecule has 0 atom stereocenters. The maximum atomic E-state index is 12.8. The molecule has 1 N–H and O–H groups in total. The Morgan fingerprint density at radius 1 is 1.10 bits per heavy atom. The van der Waals surface area contributed by atoms with Crippen LogP contribution in [0.2, 0.25) is 0 Å². The number of Topliss-reactive ketones (excluding diaryl/α,β-unsaturated/α-hetero) is 1. The molecule has 150 valence electrons. The fraction of sp³-hybridized carbons (Fsp3) is 0.211. The van der Waals surface area contributed by atoms with E-state index in [1.807, 2.05) is 0 Å². The molecule has 0 radical (unpaired) electrons. The van der Waals surface area contributed by atoms with Gasteiger partial charge in [-0.1, -0.05) is 19.1 Å². The van der Waals surface area contributed by atoms with Gasteiger partial charge < -0.3 is 5.32 Å². The van der Waals surface area contributed by atoms with Crippen LogP contribution in [0.1, 0.15) is 29.3 Å². The van der Waals surface area contributed by atoms with Crippen LogP contribution in [0.5, 0.6) is 0 Å². The van der Waals surface area contributed by atoms with E-state index in [1.54, 1.807) is 31.2 Å². The standard InChI is InChI=1S/C19H16F3N5O2/c1-2-17(29)23-15-8-6-12(7-9-15)16(28)11-27-25-18(24-26-27)13-4-3-5-14(10-13)19(20,21)22/h3-10H,2,11H2,1H3,(H,23,29). The van der Waals surface area contributed by atoms with Crippen LogP contribution in [-0.4, -0.2) is 31.9 Å². The van der Waals surface area contributed by atoms with Crippen LogP contribution in [0.4, 0.5) is 18.9 Å². The normalized spacial score (nSPS) is 11.3. The number of rotatable bonds is 6. The zero-order valence-electron chi connectivity index (χ0n) is 15.3. The van der Waals surface area contributed by atoms with Gasteiger partial charge in [0.1, 0.15) is 6.54 Å². The van der Waals surface area contributed by atoms with Crippen LogP contribution >= 0.6 is 0 Å². The molecule has 0 aliphatic rings. The molecular weight excluding hydrogens is 387 g/mol. The number of alkyl halides is 3. The van der Waals surface area contributed by atoms with E-state index >= 15 is 0 Å². The van der Waals surface area contributed by atoms with Crippen molar-refractivity contribution in [2.45, 2.75) is 26.1 Å². The summed E-state index contributed by atoms with van der Waals surface area (Å²) in [7, 11) is 0. The van der Waals surface area contributed by atoms with Crippen LogP contribution < -0.4 is 5.32 Å². The minimum atomic E-state index is -4.48. The summed E-state index contributed by atoms with van der Waals surface area (Å²) >= 11 is 0. The van der Waals surface area contributed by atoms with Gasteiger partial charge in [0.05, 0.1) is 5.56 Å². The number of nitrogens with one attached hydrogen (secondary N) is 1. The number of carbonyl (C=O) groups excluding carboxylic acids is 2. The van der Waals surface area contributed by atoms with Gasteiger partial charge in [-0.3, -0.25) is 9.59 Å². The van der Waals surface area contributed by atoms with Gasteiger partial charge in [-0.05, 0) is 41.6 Å². The number of hydrogen-bond acceptors (Lipinski definition) is 5. The molecule has 3 aromatic rings. The van der Waals surface area contributed by atoms with E-state index in [2.05, 4.69) is 20.7 Å². The summed E-state index contributed by atoms with van der Waals surface area (Å²) in [5, 5.41) is 14.1. The molecule has 0 unspecified atom stereocenters. The maximum absolute atomic E-state index is 12.8. The highest BCUT2D eigenvalue weighted by molar-refractivity contribution is 5.97. The molecule has 1 amide bonds. The SMILES string of the molecule is CCC(=O)Nc1ccc(C(=O)Cn2nnc(-c3cccc(C(F)(F)F)c3)n2)cc1. The maximum Gasteiger partial charge on any atom is 0.416 e. The third kappa shape index (κ3) is 5.03. The lowest BCUT2D eigenvalue weighted by Crippen LogP contribution is -2.14. The third-order valence-electron chi connectivity index (χ3n) is 4.00. The zero-order valence-corrected chi connectivity index (χ0v) is 15.3. The number of amides is 1. The van der Waals surface area contributed by atoms with Crippen LogP contribution in [0.25, 0.3) is 11.4 Å². The predicted octanol–water partition coefficient (Wildman–Crippen LogP) is 3.59. The second-order valence-electron chi connectivity index (χ2n) is 6.12. The highest BCUT2D eigenvalue weighted by Gasteiger charge is 2.30. The Morgan fingerprint density at radius 3 is 2.48 bits per heavy atom. The molecule has 7 nitrogen and oxygen atoms in total. The van der Waals surface area contributed by atoms with Gasteiger partial charge in [0, 0.05) is 23.2 Å². The highest BCUT2D eigenvalue weighted by atomic mass is 19.4.